The number of carbonyl (C=O) groups excluding carboxylic acids is 1. The molecule has 0 fully saturated rings. The molecular weight excluding hydrogens is 518 g/mol. The van der Waals surface area contributed by atoms with Crippen molar-refractivity contribution in [2.45, 2.75) is 39.2 Å². The maximum Gasteiger partial charge on any atom is 0.282 e. The quantitative estimate of drug-likeness (QED) is 0.151. The lowest BCUT2D eigenvalue weighted by Gasteiger charge is -2.29. The highest BCUT2D eigenvalue weighted by Gasteiger charge is 2.37. The molecule has 3 rings (SSSR count). The lowest BCUT2D eigenvalue weighted by molar-refractivity contribution is -0.385. The topological polar surface area (TPSA) is 140 Å². The highest BCUT2D eigenvalue weighted by atomic mass is 79.9. The van der Waals surface area contributed by atoms with Gasteiger partial charge >= 0.3 is 0 Å². The maximum atomic E-state index is 13.2. The van der Waals surface area contributed by atoms with E-state index in [2.05, 4.69) is 31.4 Å². The Morgan fingerprint density at radius 3 is 2.57 bits per heavy atom. The number of carbonyl (C=O) groups is 1. The second-order valence-electron chi connectivity index (χ2n) is 7.92. The second-order valence-corrected chi connectivity index (χ2v) is 8.73. The molecule has 1 atom stereocenters. The molecule has 0 saturated heterocycles. The Labute approximate surface area is 210 Å². The first-order chi connectivity index (χ1) is 16.6. The van der Waals surface area contributed by atoms with E-state index in [0.29, 0.717) is 34.8 Å². The smallest absolute Gasteiger partial charge is 0.282 e. The summed E-state index contributed by atoms with van der Waals surface area (Å²) in [7, 11) is 0. The maximum absolute atomic E-state index is 13.2. The third-order valence-electron chi connectivity index (χ3n) is 5.13. The number of rotatable bonds is 9. The molecule has 11 heteroatoms. The number of para-hydroxylation sites is 1. The van der Waals surface area contributed by atoms with Crippen LogP contribution >= 0.6 is 15.9 Å². The van der Waals surface area contributed by atoms with Crippen molar-refractivity contribution in [3.63, 3.8) is 0 Å². The minimum absolute atomic E-state index is 0.000940. The van der Waals surface area contributed by atoms with Gasteiger partial charge in [0.05, 0.1) is 4.92 Å². The van der Waals surface area contributed by atoms with E-state index in [-0.39, 0.29) is 11.3 Å². The van der Waals surface area contributed by atoms with Gasteiger partial charge in [0.1, 0.15) is 15.9 Å². The molecule has 1 aromatic heterocycles. The van der Waals surface area contributed by atoms with E-state index in [4.69, 9.17) is 14.9 Å². The van der Waals surface area contributed by atoms with Gasteiger partial charge in [0, 0.05) is 17.8 Å². The van der Waals surface area contributed by atoms with Crippen molar-refractivity contribution in [1.29, 1.82) is 5.41 Å². The number of nitro groups is 1. The van der Waals surface area contributed by atoms with Gasteiger partial charge in [0.15, 0.2) is 5.60 Å². The van der Waals surface area contributed by atoms with Gasteiger partial charge in [-0.05, 0) is 72.1 Å². The van der Waals surface area contributed by atoms with Gasteiger partial charge in [-0.2, -0.15) is 0 Å². The number of nitrogens with zero attached hydrogens (tertiary/aromatic N) is 3. The minimum Gasteiger partial charge on any atom is -0.461 e. The molecule has 0 bridgehead atoms. The van der Waals surface area contributed by atoms with Crippen LogP contribution in [0.15, 0.2) is 59.2 Å². The highest BCUT2D eigenvalue weighted by molar-refractivity contribution is 9.10. The zero-order valence-electron chi connectivity index (χ0n) is 19.4. The summed E-state index contributed by atoms with van der Waals surface area (Å²) in [6.45, 7) is 5.26. The molecule has 2 aromatic carbocycles. The first-order valence-electron chi connectivity index (χ1n) is 10.7. The molecule has 3 aromatic rings. The first-order valence-corrected chi connectivity index (χ1v) is 11.5. The predicted molar refractivity (Wildman–Crippen MR) is 134 cm³/mol. The van der Waals surface area contributed by atoms with E-state index in [0.717, 1.165) is 5.56 Å². The summed E-state index contributed by atoms with van der Waals surface area (Å²) in [6, 6.07) is 14.3. The molecular formula is C24H24BrN5O5. The summed E-state index contributed by atoms with van der Waals surface area (Å²) in [5, 5.41) is 30.3. The van der Waals surface area contributed by atoms with Crippen LogP contribution in [0.4, 0.5) is 11.4 Å². The Morgan fingerprint density at radius 1 is 1.20 bits per heavy atom. The fourth-order valence-electron chi connectivity index (χ4n) is 3.37. The normalized spacial score (nSPS) is 12.3. The van der Waals surface area contributed by atoms with Gasteiger partial charge in [-0.3, -0.25) is 20.3 Å². The summed E-state index contributed by atoms with van der Waals surface area (Å²) in [5.74, 6) is -0.0515. The van der Waals surface area contributed by atoms with E-state index < -0.39 is 22.3 Å². The van der Waals surface area contributed by atoms with Crippen LogP contribution in [0.1, 0.15) is 37.8 Å². The molecule has 2 N–H and O–H groups in total. The standard InChI is InChI=1S/C24H24BrN5O5/c1-4-13-24(3,35-22(26)17-7-5-6-8-18(17)30(32)33)23(31)27-16-9-10-19(15(2)14-16)34-21-12-11-20(25)28-29-21/h5-12,14,26H,4,13H2,1-3H3,(H,27,31). The highest BCUT2D eigenvalue weighted by Crippen LogP contribution is 2.29. The zero-order valence-corrected chi connectivity index (χ0v) is 21.0. The van der Waals surface area contributed by atoms with Crippen LogP contribution in [0, 0.1) is 22.4 Å². The number of amides is 1. The summed E-state index contributed by atoms with van der Waals surface area (Å²) in [6.07, 6.45) is 0.887. The van der Waals surface area contributed by atoms with Crippen molar-refractivity contribution in [2.24, 2.45) is 0 Å². The Kier molecular flexibility index (Phi) is 8.13. The third kappa shape index (κ3) is 6.38. The predicted octanol–water partition coefficient (Wildman–Crippen LogP) is 5.79. The van der Waals surface area contributed by atoms with Crippen molar-refractivity contribution < 1.29 is 19.2 Å². The number of nitrogens with one attached hydrogen (secondary N) is 2. The van der Waals surface area contributed by atoms with Gasteiger partial charge in [-0.15, -0.1) is 10.2 Å². The summed E-state index contributed by atoms with van der Waals surface area (Å²) in [5.41, 5.74) is -0.436. The largest absolute Gasteiger partial charge is 0.461 e. The fourth-order valence-corrected chi connectivity index (χ4v) is 3.58. The van der Waals surface area contributed by atoms with Gasteiger partial charge in [0.2, 0.25) is 11.8 Å². The molecule has 0 aliphatic heterocycles. The van der Waals surface area contributed by atoms with Crippen LogP contribution in [0.5, 0.6) is 11.6 Å². The van der Waals surface area contributed by atoms with Crippen LogP contribution in [-0.4, -0.2) is 32.5 Å². The Balaban J connectivity index is 1.76. The second kappa shape index (κ2) is 11.0. The molecule has 1 amide bonds. The van der Waals surface area contributed by atoms with Crippen molar-refractivity contribution in [3.05, 3.63) is 80.4 Å². The van der Waals surface area contributed by atoms with Crippen LogP contribution in [0.3, 0.4) is 0 Å². The average molecular weight is 542 g/mol. The van der Waals surface area contributed by atoms with E-state index in [1.54, 1.807) is 43.3 Å². The van der Waals surface area contributed by atoms with Gasteiger partial charge in [-0.25, -0.2) is 0 Å². The number of hydrogen-bond acceptors (Lipinski definition) is 8. The van der Waals surface area contributed by atoms with Crippen molar-refractivity contribution in [2.75, 3.05) is 5.32 Å². The third-order valence-corrected chi connectivity index (χ3v) is 5.56. The van der Waals surface area contributed by atoms with Crippen LogP contribution in [-0.2, 0) is 9.53 Å². The Hall–Kier alpha value is -3.86. The zero-order chi connectivity index (χ0) is 25.6. The molecule has 0 aliphatic rings. The SMILES string of the molecule is CCCC(C)(OC(=N)c1ccccc1[N+](=O)[O-])C(=O)Nc1ccc(Oc2ccc(Br)nn2)c(C)c1. The van der Waals surface area contributed by atoms with Crippen molar-refractivity contribution in [3.8, 4) is 11.6 Å². The molecule has 0 spiro atoms. The summed E-state index contributed by atoms with van der Waals surface area (Å²) < 4.78 is 12.1. The lowest BCUT2D eigenvalue weighted by Crippen LogP contribution is -2.44. The molecule has 35 heavy (non-hydrogen) atoms. The van der Waals surface area contributed by atoms with Gasteiger partial charge in [-0.1, -0.05) is 25.5 Å². The monoisotopic (exact) mass is 541 g/mol. The molecule has 0 aliphatic carbocycles. The number of anilines is 1. The van der Waals surface area contributed by atoms with Gasteiger partial charge in [0.25, 0.3) is 11.6 Å². The van der Waals surface area contributed by atoms with E-state index in [9.17, 15) is 14.9 Å². The number of hydrogen-bond donors (Lipinski definition) is 2. The number of benzene rings is 2. The first kappa shape index (κ1) is 25.8. The number of aromatic nitrogens is 2. The van der Waals surface area contributed by atoms with Crippen LogP contribution in [0.25, 0.3) is 0 Å². The molecule has 182 valence electrons. The van der Waals surface area contributed by atoms with E-state index in [1.165, 1.54) is 18.2 Å². The molecule has 1 unspecified atom stereocenters. The summed E-state index contributed by atoms with van der Waals surface area (Å²) >= 11 is 3.22. The summed E-state index contributed by atoms with van der Waals surface area (Å²) in [4.78, 5) is 24.0. The average Bonchev–Trinajstić information content (AvgIpc) is 2.82. The molecule has 0 saturated carbocycles. The lowest BCUT2D eigenvalue weighted by atomic mass is 9.98. The number of halogens is 1. The Morgan fingerprint density at radius 2 is 1.94 bits per heavy atom. The molecule has 0 radical (unpaired) electrons. The van der Waals surface area contributed by atoms with Crippen LogP contribution < -0.4 is 10.1 Å². The fraction of sp³-hybridized carbons (Fsp3) is 0.250. The van der Waals surface area contributed by atoms with Crippen molar-refractivity contribution in [1.82, 2.24) is 10.2 Å². The van der Waals surface area contributed by atoms with E-state index >= 15 is 0 Å². The number of aryl methyl sites for hydroxylation is 1. The number of ether oxygens (including phenoxy) is 2. The number of nitro benzene ring substituents is 1. The van der Waals surface area contributed by atoms with E-state index in [1.807, 2.05) is 13.8 Å². The molecule has 10 nitrogen and oxygen atoms in total. The Bertz CT molecular complexity index is 1250. The minimum atomic E-state index is -1.42. The van der Waals surface area contributed by atoms with Crippen LogP contribution in [0.2, 0.25) is 0 Å². The molecule has 1 heterocycles. The van der Waals surface area contributed by atoms with Gasteiger partial charge < -0.3 is 14.8 Å². The van der Waals surface area contributed by atoms with Crippen molar-refractivity contribution >= 4 is 39.1 Å².